The van der Waals surface area contributed by atoms with Crippen LogP contribution >= 0.6 is 0 Å². The molecule has 2 rings (SSSR count). The standard InChI is InChI=1S/C13H12N2O6/c14-11(17)6-4-9(16)15(5-6)10-7(12(18)19)2-1-3-8(10)13(20)21/h1-3,6H,4-5H2,(H2,14,17)(H,18,19)(H,20,21). The summed E-state index contributed by atoms with van der Waals surface area (Å²) in [5.41, 5.74) is 4.31. The second-order valence-corrected chi connectivity index (χ2v) is 4.62. The van der Waals surface area contributed by atoms with Crippen molar-refractivity contribution in [1.29, 1.82) is 0 Å². The zero-order valence-electron chi connectivity index (χ0n) is 10.8. The van der Waals surface area contributed by atoms with Crippen molar-refractivity contribution in [2.24, 2.45) is 11.7 Å². The normalized spacial score (nSPS) is 17.8. The Morgan fingerprint density at radius 3 is 2.05 bits per heavy atom. The molecule has 1 aliphatic rings. The highest BCUT2D eigenvalue weighted by Gasteiger charge is 2.37. The molecule has 8 nitrogen and oxygen atoms in total. The number of nitrogens with two attached hydrogens (primary N) is 1. The Morgan fingerprint density at radius 2 is 1.67 bits per heavy atom. The molecule has 1 fully saturated rings. The lowest BCUT2D eigenvalue weighted by molar-refractivity contribution is -0.123. The van der Waals surface area contributed by atoms with Gasteiger partial charge in [0.25, 0.3) is 0 Å². The summed E-state index contributed by atoms with van der Waals surface area (Å²) < 4.78 is 0. The van der Waals surface area contributed by atoms with Gasteiger partial charge in [0, 0.05) is 13.0 Å². The number of carboxylic acids is 2. The van der Waals surface area contributed by atoms with Crippen LogP contribution in [0.25, 0.3) is 0 Å². The van der Waals surface area contributed by atoms with Gasteiger partial charge < -0.3 is 20.8 Å². The first-order chi connectivity index (χ1) is 9.82. The van der Waals surface area contributed by atoms with E-state index in [9.17, 15) is 29.4 Å². The van der Waals surface area contributed by atoms with Gasteiger partial charge in [-0.3, -0.25) is 9.59 Å². The van der Waals surface area contributed by atoms with E-state index >= 15 is 0 Å². The fourth-order valence-electron chi connectivity index (χ4n) is 2.29. The quantitative estimate of drug-likeness (QED) is 0.709. The Kier molecular flexibility index (Phi) is 3.62. The second kappa shape index (κ2) is 5.23. The third kappa shape index (κ3) is 2.55. The number of para-hydroxylation sites is 1. The Morgan fingerprint density at radius 1 is 1.14 bits per heavy atom. The minimum Gasteiger partial charge on any atom is -0.478 e. The van der Waals surface area contributed by atoms with Crippen LogP contribution in [0.5, 0.6) is 0 Å². The molecule has 21 heavy (non-hydrogen) atoms. The van der Waals surface area contributed by atoms with Gasteiger partial charge >= 0.3 is 11.9 Å². The number of nitrogens with zero attached hydrogens (tertiary/aromatic N) is 1. The summed E-state index contributed by atoms with van der Waals surface area (Å²) in [5.74, 6) is -4.70. The fourth-order valence-corrected chi connectivity index (χ4v) is 2.29. The molecule has 1 saturated heterocycles. The zero-order chi connectivity index (χ0) is 15.7. The fraction of sp³-hybridized carbons (Fsp3) is 0.231. The molecule has 1 aromatic rings. The third-order valence-electron chi connectivity index (χ3n) is 3.29. The maximum atomic E-state index is 12.0. The highest BCUT2D eigenvalue weighted by atomic mass is 16.4. The molecule has 110 valence electrons. The first-order valence-corrected chi connectivity index (χ1v) is 6.02. The summed E-state index contributed by atoms with van der Waals surface area (Å²) >= 11 is 0. The zero-order valence-corrected chi connectivity index (χ0v) is 10.8. The van der Waals surface area contributed by atoms with E-state index in [0.29, 0.717) is 0 Å². The molecule has 1 aromatic carbocycles. The average Bonchev–Trinajstić information content (AvgIpc) is 2.79. The van der Waals surface area contributed by atoms with Gasteiger partial charge in [-0.05, 0) is 12.1 Å². The van der Waals surface area contributed by atoms with Gasteiger partial charge in [0.15, 0.2) is 0 Å². The largest absolute Gasteiger partial charge is 0.478 e. The van der Waals surface area contributed by atoms with Crippen molar-refractivity contribution in [1.82, 2.24) is 0 Å². The van der Waals surface area contributed by atoms with Gasteiger partial charge in [0.1, 0.15) is 0 Å². The predicted molar refractivity (Wildman–Crippen MR) is 70.0 cm³/mol. The summed E-state index contributed by atoms with van der Waals surface area (Å²) in [4.78, 5) is 46.7. The third-order valence-corrected chi connectivity index (χ3v) is 3.29. The van der Waals surface area contributed by atoms with Crippen LogP contribution in [0.1, 0.15) is 27.1 Å². The smallest absolute Gasteiger partial charge is 0.337 e. The molecule has 0 spiro atoms. The van der Waals surface area contributed by atoms with Crippen molar-refractivity contribution in [3.63, 3.8) is 0 Å². The van der Waals surface area contributed by atoms with Crippen molar-refractivity contribution >= 4 is 29.4 Å². The lowest BCUT2D eigenvalue weighted by atomic mass is 10.1. The van der Waals surface area contributed by atoms with Crippen molar-refractivity contribution in [3.05, 3.63) is 29.3 Å². The number of carboxylic acid groups (broad SMARTS) is 2. The molecule has 0 radical (unpaired) electrons. The van der Waals surface area contributed by atoms with Gasteiger partial charge in [-0.2, -0.15) is 0 Å². The monoisotopic (exact) mass is 292 g/mol. The van der Waals surface area contributed by atoms with Gasteiger partial charge in [-0.15, -0.1) is 0 Å². The summed E-state index contributed by atoms with van der Waals surface area (Å²) in [6, 6.07) is 3.69. The van der Waals surface area contributed by atoms with E-state index in [1.807, 2.05) is 0 Å². The summed E-state index contributed by atoms with van der Waals surface area (Å²) in [6.45, 7) is -0.126. The molecular weight excluding hydrogens is 280 g/mol. The molecule has 0 aromatic heterocycles. The number of aromatic carboxylic acids is 2. The molecular formula is C13H12N2O6. The number of primary amides is 1. The van der Waals surface area contributed by atoms with Crippen molar-refractivity contribution in [3.8, 4) is 0 Å². The van der Waals surface area contributed by atoms with E-state index in [-0.39, 0.29) is 29.8 Å². The van der Waals surface area contributed by atoms with Crippen molar-refractivity contribution < 1.29 is 29.4 Å². The molecule has 1 unspecified atom stereocenters. The molecule has 8 heteroatoms. The number of benzene rings is 1. The topological polar surface area (TPSA) is 138 Å². The first kappa shape index (κ1) is 14.5. The highest BCUT2D eigenvalue weighted by Crippen LogP contribution is 2.31. The molecule has 1 heterocycles. The molecule has 0 bridgehead atoms. The number of anilines is 1. The molecule has 1 aliphatic heterocycles. The molecule has 1 atom stereocenters. The lowest BCUT2D eigenvalue weighted by Gasteiger charge is -2.20. The van der Waals surface area contributed by atoms with Crippen LogP contribution in [-0.2, 0) is 9.59 Å². The molecule has 4 N–H and O–H groups in total. The van der Waals surface area contributed by atoms with E-state index in [4.69, 9.17) is 5.73 Å². The Labute approximate surface area is 118 Å². The number of carbonyl (C=O) groups excluding carboxylic acids is 2. The van der Waals surface area contributed by atoms with Crippen LogP contribution < -0.4 is 10.6 Å². The van der Waals surface area contributed by atoms with Crippen LogP contribution in [0, 0.1) is 5.92 Å². The number of rotatable bonds is 4. The number of hydrogen-bond donors (Lipinski definition) is 3. The number of hydrogen-bond acceptors (Lipinski definition) is 4. The van der Waals surface area contributed by atoms with Crippen LogP contribution in [0.15, 0.2) is 18.2 Å². The first-order valence-electron chi connectivity index (χ1n) is 6.02. The number of amides is 2. The molecule has 0 aliphatic carbocycles. The summed E-state index contributed by atoms with van der Waals surface area (Å²) in [5, 5.41) is 18.3. The SMILES string of the molecule is NC(=O)C1CC(=O)N(c2c(C(=O)O)cccc2C(=O)O)C1. The Bertz CT molecular complexity index is 622. The van der Waals surface area contributed by atoms with E-state index < -0.39 is 29.7 Å². The minimum absolute atomic E-state index is 0.126. The van der Waals surface area contributed by atoms with E-state index in [1.165, 1.54) is 18.2 Å². The van der Waals surface area contributed by atoms with Gasteiger partial charge in [0.05, 0.1) is 22.7 Å². The molecule has 2 amide bonds. The maximum Gasteiger partial charge on any atom is 0.337 e. The van der Waals surface area contributed by atoms with E-state index in [1.54, 1.807) is 0 Å². The van der Waals surface area contributed by atoms with Crippen molar-refractivity contribution in [2.75, 3.05) is 11.4 Å². The summed E-state index contributed by atoms with van der Waals surface area (Å²) in [7, 11) is 0. The number of carbonyl (C=O) groups is 4. The van der Waals surface area contributed by atoms with Crippen molar-refractivity contribution in [2.45, 2.75) is 6.42 Å². The van der Waals surface area contributed by atoms with E-state index in [2.05, 4.69) is 0 Å². The Hall–Kier alpha value is -2.90. The van der Waals surface area contributed by atoms with Gasteiger partial charge in [0.2, 0.25) is 11.8 Å². The second-order valence-electron chi connectivity index (χ2n) is 4.62. The highest BCUT2D eigenvalue weighted by molar-refractivity contribution is 6.10. The van der Waals surface area contributed by atoms with Gasteiger partial charge in [-0.25, -0.2) is 9.59 Å². The molecule has 0 saturated carbocycles. The lowest BCUT2D eigenvalue weighted by Crippen LogP contribution is -2.31. The Balaban J connectivity index is 2.57. The van der Waals surface area contributed by atoms with E-state index in [0.717, 1.165) is 4.90 Å². The van der Waals surface area contributed by atoms with Crippen LogP contribution in [0.2, 0.25) is 0 Å². The summed E-state index contributed by atoms with van der Waals surface area (Å²) in [6.07, 6.45) is -0.164. The average molecular weight is 292 g/mol. The van der Waals surface area contributed by atoms with Crippen LogP contribution in [0.3, 0.4) is 0 Å². The van der Waals surface area contributed by atoms with Crippen LogP contribution in [-0.4, -0.2) is 40.5 Å². The predicted octanol–water partition coefficient (Wildman–Crippen LogP) is -0.0788. The van der Waals surface area contributed by atoms with Crippen LogP contribution in [0.4, 0.5) is 5.69 Å². The van der Waals surface area contributed by atoms with Gasteiger partial charge in [-0.1, -0.05) is 6.07 Å². The maximum absolute atomic E-state index is 12.0. The minimum atomic E-state index is -1.36.